The van der Waals surface area contributed by atoms with Crippen LogP contribution in [0.25, 0.3) is 0 Å². The Morgan fingerprint density at radius 1 is 1.65 bits per heavy atom. The number of hydrogen-bond acceptors (Lipinski definition) is 4. The summed E-state index contributed by atoms with van der Waals surface area (Å²) in [6.45, 7) is 1.71. The highest BCUT2D eigenvalue weighted by Crippen LogP contribution is 2.19. The molecule has 0 aliphatic heterocycles. The van der Waals surface area contributed by atoms with Gasteiger partial charge in [0, 0.05) is 19.8 Å². The smallest absolute Gasteiger partial charge is 0.337 e. The molecule has 0 aromatic carbocycles. The topological polar surface area (TPSA) is 65.5 Å². The Bertz CT molecular complexity index is 398. The van der Waals surface area contributed by atoms with Gasteiger partial charge in [-0.15, -0.1) is 0 Å². The Kier molecular flexibility index (Phi) is 5.18. The van der Waals surface area contributed by atoms with Gasteiger partial charge in [-0.3, -0.25) is 0 Å². The first-order valence-corrected chi connectivity index (χ1v) is 5.68. The van der Waals surface area contributed by atoms with Crippen LogP contribution in [0, 0.1) is 0 Å². The van der Waals surface area contributed by atoms with E-state index in [2.05, 4.69) is 10.3 Å². The Morgan fingerprint density at radius 2 is 2.35 bits per heavy atom. The zero-order valence-corrected chi connectivity index (χ0v) is 10.7. The fourth-order valence-corrected chi connectivity index (χ4v) is 1.59. The lowest BCUT2D eigenvalue weighted by Gasteiger charge is -2.18. The maximum atomic E-state index is 10.9. The Morgan fingerprint density at radius 3 is 2.94 bits per heavy atom. The van der Waals surface area contributed by atoms with Crippen molar-refractivity contribution in [1.82, 2.24) is 10.3 Å². The molecule has 94 valence electrons. The Balaban J connectivity index is 2.77. The van der Waals surface area contributed by atoms with Crippen molar-refractivity contribution in [2.75, 3.05) is 32.1 Å². The molecule has 0 saturated heterocycles. The number of nitrogens with zero attached hydrogens (tertiary/aromatic N) is 2. The number of carbonyl (C=O) groups is 1. The van der Waals surface area contributed by atoms with Gasteiger partial charge in [-0.05, 0) is 26.1 Å². The molecule has 0 fully saturated rings. The van der Waals surface area contributed by atoms with Crippen molar-refractivity contribution in [2.24, 2.45) is 0 Å². The fraction of sp³-hybridized carbons (Fsp3) is 0.455. The van der Waals surface area contributed by atoms with Gasteiger partial charge in [-0.25, -0.2) is 9.78 Å². The van der Waals surface area contributed by atoms with Crippen LogP contribution in [0.15, 0.2) is 12.3 Å². The molecule has 0 saturated carbocycles. The first kappa shape index (κ1) is 13.7. The normalized spacial score (nSPS) is 10.3. The average Bonchev–Trinajstić information content (AvgIpc) is 2.29. The molecule has 0 unspecified atom stereocenters. The molecule has 0 atom stereocenters. The maximum Gasteiger partial charge on any atom is 0.337 e. The number of nitrogens with one attached hydrogen (secondary N) is 1. The number of pyridine rings is 1. The summed E-state index contributed by atoms with van der Waals surface area (Å²) in [5.41, 5.74) is 0.0807. The lowest BCUT2D eigenvalue weighted by Crippen LogP contribution is -2.23. The second-order valence-electron chi connectivity index (χ2n) is 3.71. The summed E-state index contributed by atoms with van der Waals surface area (Å²) in [6.07, 6.45) is 2.33. The number of rotatable bonds is 6. The van der Waals surface area contributed by atoms with Crippen LogP contribution < -0.4 is 10.2 Å². The van der Waals surface area contributed by atoms with E-state index < -0.39 is 5.97 Å². The predicted molar refractivity (Wildman–Crippen MR) is 68.0 cm³/mol. The van der Waals surface area contributed by atoms with Crippen molar-refractivity contribution < 1.29 is 9.90 Å². The van der Waals surface area contributed by atoms with Crippen molar-refractivity contribution in [3.63, 3.8) is 0 Å². The van der Waals surface area contributed by atoms with Crippen LogP contribution in [-0.4, -0.2) is 43.2 Å². The van der Waals surface area contributed by atoms with E-state index in [4.69, 9.17) is 16.7 Å². The van der Waals surface area contributed by atoms with Crippen molar-refractivity contribution in [1.29, 1.82) is 0 Å². The molecule has 0 bridgehead atoms. The molecule has 0 radical (unpaired) electrons. The van der Waals surface area contributed by atoms with Crippen molar-refractivity contribution in [2.45, 2.75) is 6.42 Å². The monoisotopic (exact) mass is 257 g/mol. The number of halogens is 1. The molecule has 6 heteroatoms. The maximum absolute atomic E-state index is 10.9. The lowest BCUT2D eigenvalue weighted by atomic mass is 10.2. The zero-order valence-electron chi connectivity index (χ0n) is 9.90. The molecule has 0 spiro atoms. The highest BCUT2D eigenvalue weighted by atomic mass is 35.5. The number of anilines is 1. The second kappa shape index (κ2) is 6.42. The van der Waals surface area contributed by atoms with E-state index in [-0.39, 0.29) is 10.6 Å². The molecule has 2 N–H and O–H groups in total. The van der Waals surface area contributed by atoms with Gasteiger partial charge < -0.3 is 15.3 Å². The standard InChI is InChI=1S/C11H16ClN3O2/c1-13-4-3-5-15(2)10-6-8(11(16)17)9(12)7-14-10/h6-7,13H,3-5H2,1-2H3,(H,16,17). The molecule has 0 amide bonds. The van der Waals surface area contributed by atoms with Crippen molar-refractivity contribution in [3.8, 4) is 0 Å². The molecule has 1 aromatic rings. The quantitative estimate of drug-likeness (QED) is 0.756. The first-order chi connectivity index (χ1) is 8.06. The van der Waals surface area contributed by atoms with E-state index in [0.717, 1.165) is 19.5 Å². The molecular formula is C11H16ClN3O2. The summed E-state index contributed by atoms with van der Waals surface area (Å²) in [7, 11) is 3.76. The van der Waals surface area contributed by atoms with E-state index >= 15 is 0 Å². The van der Waals surface area contributed by atoms with Gasteiger partial charge in [0.2, 0.25) is 0 Å². The van der Waals surface area contributed by atoms with E-state index in [9.17, 15) is 4.79 Å². The number of carboxylic acid groups (broad SMARTS) is 1. The minimum Gasteiger partial charge on any atom is -0.478 e. The second-order valence-corrected chi connectivity index (χ2v) is 4.11. The molecule has 5 nitrogen and oxygen atoms in total. The van der Waals surface area contributed by atoms with Crippen LogP contribution in [0.1, 0.15) is 16.8 Å². The van der Waals surface area contributed by atoms with E-state index in [0.29, 0.717) is 5.82 Å². The van der Waals surface area contributed by atoms with E-state index in [1.54, 1.807) is 0 Å². The number of carboxylic acids is 1. The lowest BCUT2D eigenvalue weighted by molar-refractivity contribution is 0.0697. The van der Waals surface area contributed by atoms with Crippen LogP contribution in [0.3, 0.4) is 0 Å². The zero-order chi connectivity index (χ0) is 12.8. The highest BCUT2D eigenvalue weighted by molar-refractivity contribution is 6.33. The highest BCUT2D eigenvalue weighted by Gasteiger charge is 2.12. The van der Waals surface area contributed by atoms with Gasteiger partial charge in [-0.1, -0.05) is 11.6 Å². The average molecular weight is 258 g/mol. The summed E-state index contributed by atoms with van der Waals surface area (Å²) in [5.74, 6) is -0.426. The Hall–Kier alpha value is -1.33. The molecule has 1 aromatic heterocycles. The van der Waals surface area contributed by atoms with Crippen molar-refractivity contribution >= 4 is 23.4 Å². The summed E-state index contributed by atoms with van der Waals surface area (Å²) < 4.78 is 0. The van der Waals surface area contributed by atoms with E-state index in [1.165, 1.54) is 12.3 Å². The number of aromatic nitrogens is 1. The fourth-order valence-electron chi connectivity index (χ4n) is 1.41. The summed E-state index contributed by atoms with van der Waals surface area (Å²) in [5, 5.41) is 12.2. The minimum absolute atomic E-state index is 0.0807. The van der Waals surface area contributed by atoms with Gasteiger partial charge in [0.25, 0.3) is 0 Å². The summed E-state index contributed by atoms with van der Waals surface area (Å²) >= 11 is 5.75. The minimum atomic E-state index is -1.04. The predicted octanol–water partition coefficient (Wildman–Crippen LogP) is 1.48. The van der Waals surface area contributed by atoms with Gasteiger partial charge in [0.15, 0.2) is 0 Å². The van der Waals surface area contributed by atoms with Crippen LogP contribution in [0.4, 0.5) is 5.82 Å². The third-order valence-electron chi connectivity index (χ3n) is 2.38. The third-order valence-corrected chi connectivity index (χ3v) is 2.68. The first-order valence-electron chi connectivity index (χ1n) is 5.31. The van der Waals surface area contributed by atoms with Gasteiger partial charge in [0.1, 0.15) is 5.82 Å². The summed E-state index contributed by atoms with van der Waals surface area (Å²) in [6, 6.07) is 1.49. The van der Waals surface area contributed by atoms with Crippen LogP contribution in [-0.2, 0) is 0 Å². The number of hydrogen-bond donors (Lipinski definition) is 2. The molecule has 1 heterocycles. The van der Waals surface area contributed by atoms with Gasteiger partial charge in [-0.2, -0.15) is 0 Å². The van der Waals surface area contributed by atoms with Crippen LogP contribution in [0.2, 0.25) is 5.02 Å². The van der Waals surface area contributed by atoms with Crippen molar-refractivity contribution in [3.05, 3.63) is 22.8 Å². The van der Waals surface area contributed by atoms with Crippen LogP contribution in [0.5, 0.6) is 0 Å². The number of aromatic carboxylic acids is 1. The summed E-state index contributed by atoms with van der Waals surface area (Å²) in [4.78, 5) is 16.9. The third kappa shape index (κ3) is 3.87. The Labute approximate surface area is 105 Å². The molecule has 0 aliphatic carbocycles. The molecular weight excluding hydrogens is 242 g/mol. The van der Waals surface area contributed by atoms with Gasteiger partial charge in [0.05, 0.1) is 10.6 Å². The van der Waals surface area contributed by atoms with Crippen LogP contribution >= 0.6 is 11.6 Å². The molecule has 17 heavy (non-hydrogen) atoms. The SMILES string of the molecule is CNCCCN(C)c1cc(C(=O)O)c(Cl)cn1. The van der Waals surface area contributed by atoms with E-state index in [1.807, 2.05) is 19.0 Å². The molecule has 0 aliphatic rings. The van der Waals surface area contributed by atoms with Gasteiger partial charge >= 0.3 is 5.97 Å². The molecule has 1 rings (SSSR count). The largest absolute Gasteiger partial charge is 0.478 e.